The highest BCUT2D eigenvalue weighted by atomic mass is 32.2. The molecule has 2 aromatic carbocycles. The predicted molar refractivity (Wildman–Crippen MR) is 112 cm³/mol. The lowest BCUT2D eigenvalue weighted by molar-refractivity contribution is -0.144. The third-order valence-electron chi connectivity index (χ3n) is 4.57. The molecule has 4 N–H and O–H groups in total. The Morgan fingerprint density at radius 2 is 1.63 bits per heavy atom. The Balaban J connectivity index is 2.06. The van der Waals surface area contributed by atoms with Crippen LogP contribution in [-0.4, -0.2) is 41.9 Å². The van der Waals surface area contributed by atoms with Gasteiger partial charge in [0.25, 0.3) is 11.8 Å². The normalized spacial score (nSPS) is 13.3. The molecule has 2 amide bonds. The summed E-state index contributed by atoms with van der Waals surface area (Å²) in [4.78, 5) is 23.7. The van der Waals surface area contributed by atoms with Crippen LogP contribution in [0.15, 0.2) is 53.4 Å². The molecule has 0 saturated carbocycles. The Morgan fingerprint density at radius 1 is 1.03 bits per heavy atom. The molecule has 0 aliphatic rings. The van der Waals surface area contributed by atoms with Crippen molar-refractivity contribution in [3.63, 3.8) is 0 Å². The van der Waals surface area contributed by atoms with E-state index in [4.69, 9.17) is 5.21 Å². The van der Waals surface area contributed by atoms with Crippen molar-refractivity contribution in [1.29, 1.82) is 0 Å². The summed E-state index contributed by atoms with van der Waals surface area (Å²) < 4.78 is 24.8. The van der Waals surface area contributed by atoms with E-state index in [2.05, 4.69) is 12.2 Å². The van der Waals surface area contributed by atoms with E-state index in [1.54, 1.807) is 12.1 Å². The minimum atomic E-state index is -4.02. The molecule has 0 aliphatic carbocycles. The third kappa shape index (κ3) is 6.12. The zero-order chi connectivity index (χ0) is 22.4. The van der Waals surface area contributed by atoms with E-state index < -0.39 is 27.1 Å². The second kappa shape index (κ2) is 9.84. The number of benzene rings is 2. The summed E-state index contributed by atoms with van der Waals surface area (Å²) in [6, 6.07) is 12.7. The second-order valence-corrected chi connectivity index (χ2v) is 9.24. The van der Waals surface area contributed by atoms with Gasteiger partial charge < -0.3 is 10.4 Å². The van der Waals surface area contributed by atoms with Gasteiger partial charge in [-0.15, -0.1) is 0 Å². The quantitative estimate of drug-likeness (QED) is 0.354. The number of hydrogen-bond acceptors (Lipinski definition) is 6. The first kappa shape index (κ1) is 23.5. The fraction of sp³-hybridized carbons (Fsp3) is 0.333. The van der Waals surface area contributed by atoms with Crippen molar-refractivity contribution in [2.75, 3.05) is 11.1 Å². The molecule has 0 radical (unpaired) electrons. The van der Waals surface area contributed by atoms with Crippen molar-refractivity contribution in [1.82, 2.24) is 5.48 Å². The number of aryl methyl sites for hydroxylation is 1. The molecule has 0 bridgehead atoms. The zero-order valence-corrected chi connectivity index (χ0v) is 17.7. The zero-order valence-electron chi connectivity index (χ0n) is 16.9. The maximum Gasteiger partial charge on any atom is 0.276 e. The fourth-order valence-corrected chi connectivity index (χ4v) is 4.38. The summed E-state index contributed by atoms with van der Waals surface area (Å²) >= 11 is 0. The number of sulfone groups is 1. The molecular formula is C21H26N2O6S. The number of amides is 2. The first-order valence-corrected chi connectivity index (χ1v) is 11.1. The van der Waals surface area contributed by atoms with Gasteiger partial charge in [-0.05, 0) is 61.7 Å². The largest absolute Gasteiger partial charge is 0.379 e. The van der Waals surface area contributed by atoms with Gasteiger partial charge in [0.05, 0.1) is 10.6 Å². The summed E-state index contributed by atoms with van der Waals surface area (Å²) in [7, 11) is -4.02. The molecule has 0 aromatic heterocycles. The second-order valence-electron chi connectivity index (χ2n) is 7.25. The van der Waals surface area contributed by atoms with E-state index in [0.29, 0.717) is 11.3 Å². The average molecular weight is 435 g/mol. The van der Waals surface area contributed by atoms with E-state index in [0.717, 1.165) is 31.7 Å². The van der Waals surface area contributed by atoms with Crippen LogP contribution in [0.25, 0.3) is 0 Å². The fourth-order valence-electron chi connectivity index (χ4n) is 2.79. The van der Waals surface area contributed by atoms with E-state index in [1.165, 1.54) is 29.7 Å². The lowest BCUT2D eigenvalue weighted by Crippen LogP contribution is -2.48. The Bertz CT molecular complexity index is 983. The van der Waals surface area contributed by atoms with Gasteiger partial charge in [-0.2, -0.15) is 0 Å². The van der Waals surface area contributed by atoms with Crippen LogP contribution in [0.1, 0.15) is 42.6 Å². The number of nitrogens with one attached hydrogen (secondary N) is 2. The number of rotatable bonds is 9. The monoisotopic (exact) mass is 434 g/mol. The molecule has 0 fully saturated rings. The number of aliphatic hydroxyl groups is 1. The number of anilines is 1. The highest BCUT2D eigenvalue weighted by Crippen LogP contribution is 2.20. The number of hydrogen-bond donors (Lipinski definition) is 4. The van der Waals surface area contributed by atoms with Crippen molar-refractivity contribution in [2.24, 2.45) is 0 Å². The number of carbonyl (C=O) groups excluding carboxylic acids is 2. The van der Waals surface area contributed by atoms with E-state index >= 15 is 0 Å². The van der Waals surface area contributed by atoms with Crippen LogP contribution in [0.4, 0.5) is 5.69 Å². The van der Waals surface area contributed by atoms with Crippen molar-refractivity contribution in [3.8, 4) is 0 Å². The topological polar surface area (TPSA) is 133 Å². The van der Waals surface area contributed by atoms with Gasteiger partial charge >= 0.3 is 0 Å². The molecule has 0 spiro atoms. The summed E-state index contributed by atoms with van der Waals surface area (Å²) in [6.45, 7) is 3.10. The highest BCUT2D eigenvalue weighted by Gasteiger charge is 2.36. The van der Waals surface area contributed by atoms with E-state index in [1.807, 2.05) is 12.1 Å². The van der Waals surface area contributed by atoms with Crippen LogP contribution >= 0.6 is 0 Å². The SMILES string of the molecule is CCCCc1ccc(C(=O)Nc2ccc(S(=O)(=O)CC(C)(O)C(=O)NO)cc2)cc1. The highest BCUT2D eigenvalue weighted by molar-refractivity contribution is 7.91. The molecule has 1 unspecified atom stereocenters. The molecule has 0 aliphatic heterocycles. The average Bonchev–Trinajstić information content (AvgIpc) is 2.71. The van der Waals surface area contributed by atoms with Gasteiger partial charge in [0, 0.05) is 11.3 Å². The van der Waals surface area contributed by atoms with Crippen molar-refractivity contribution < 1.29 is 28.3 Å². The number of unbranched alkanes of at least 4 members (excludes halogenated alkanes) is 1. The molecule has 0 saturated heterocycles. The molecule has 2 aromatic rings. The first-order chi connectivity index (χ1) is 14.1. The lowest BCUT2D eigenvalue weighted by atomic mass is 10.1. The van der Waals surface area contributed by atoms with E-state index in [9.17, 15) is 23.1 Å². The third-order valence-corrected chi connectivity index (χ3v) is 6.50. The van der Waals surface area contributed by atoms with Crippen LogP contribution in [0.5, 0.6) is 0 Å². The van der Waals surface area contributed by atoms with Gasteiger partial charge in [0.1, 0.15) is 0 Å². The van der Waals surface area contributed by atoms with Crippen LogP contribution < -0.4 is 10.8 Å². The standard InChI is InChI=1S/C21H26N2O6S/c1-3-4-5-15-6-8-16(9-7-15)19(24)22-17-10-12-18(13-11-17)30(28,29)14-21(2,26)20(25)23-27/h6-13,26-27H,3-5,14H2,1-2H3,(H,22,24)(H,23,25). The van der Waals surface area contributed by atoms with Crippen molar-refractivity contribution in [2.45, 2.75) is 43.6 Å². The maximum absolute atomic E-state index is 12.4. The molecule has 9 heteroatoms. The van der Waals surface area contributed by atoms with Gasteiger partial charge in [0.2, 0.25) is 0 Å². The van der Waals surface area contributed by atoms with Gasteiger partial charge in [-0.1, -0.05) is 25.5 Å². The number of carbonyl (C=O) groups is 2. The minimum Gasteiger partial charge on any atom is -0.379 e. The Hall–Kier alpha value is -2.75. The smallest absolute Gasteiger partial charge is 0.276 e. The summed E-state index contributed by atoms with van der Waals surface area (Å²) in [5, 5.41) is 21.2. The molecular weight excluding hydrogens is 408 g/mol. The first-order valence-electron chi connectivity index (χ1n) is 9.49. The predicted octanol–water partition coefficient (Wildman–Crippen LogP) is 2.31. The molecule has 1 atom stereocenters. The minimum absolute atomic E-state index is 0.133. The molecule has 162 valence electrons. The van der Waals surface area contributed by atoms with Gasteiger partial charge in [0.15, 0.2) is 15.4 Å². The van der Waals surface area contributed by atoms with Crippen LogP contribution in [0, 0.1) is 0 Å². The summed E-state index contributed by atoms with van der Waals surface area (Å²) in [6.07, 6.45) is 3.14. The molecule has 2 rings (SSSR count). The summed E-state index contributed by atoms with van der Waals surface area (Å²) in [5.74, 6) is -2.46. The Morgan fingerprint density at radius 3 is 2.17 bits per heavy atom. The van der Waals surface area contributed by atoms with E-state index in [-0.39, 0.29) is 10.8 Å². The van der Waals surface area contributed by atoms with Gasteiger partial charge in [-0.25, -0.2) is 13.9 Å². The lowest BCUT2D eigenvalue weighted by Gasteiger charge is -2.20. The van der Waals surface area contributed by atoms with Crippen LogP contribution in [0.3, 0.4) is 0 Å². The molecule has 30 heavy (non-hydrogen) atoms. The summed E-state index contributed by atoms with van der Waals surface area (Å²) in [5.41, 5.74) is 0.978. The number of hydroxylamine groups is 1. The Kier molecular flexibility index (Phi) is 7.71. The molecule has 8 nitrogen and oxygen atoms in total. The van der Waals surface area contributed by atoms with Crippen molar-refractivity contribution >= 4 is 27.3 Å². The van der Waals surface area contributed by atoms with Crippen LogP contribution in [-0.2, 0) is 21.1 Å². The molecule has 0 heterocycles. The van der Waals surface area contributed by atoms with Gasteiger partial charge in [-0.3, -0.25) is 14.8 Å². The maximum atomic E-state index is 12.4. The Labute approximate surface area is 175 Å². The van der Waals surface area contributed by atoms with Crippen LogP contribution in [0.2, 0.25) is 0 Å². The van der Waals surface area contributed by atoms with Crippen molar-refractivity contribution in [3.05, 3.63) is 59.7 Å².